The lowest BCUT2D eigenvalue weighted by molar-refractivity contribution is -0.150. The van der Waals surface area contributed by atoms with Gasteiger partial charge < -0.3 is 14.8 Å². The Balaban J connectivity index is 1.45. The molecule has 1 aliphatic rings. The van der Waals surface area contributed by atoms with E-state index in [2.05, 4.69) is 11.4 Å². The van der Waals surface area contributed by atoms with Gasteiger partial charge in [-0.25, -0.2) is 4.79 Å². The van der Waals surface area contributed by atoms with Crippen molar-refractivity contribution in [2.75, 3.05) is 13.2 Å². The van der Waals surface area contributed by atoms with Gasteiger partial charge in [0.1, 0.15) is 5.75 Å². The summed E-state index contributed by atoms with van der Waals surface area (Å²) in [5.74, 6) is -0.206. The van der Waals surface area contributed by atoms with Gasteiger partial charge in [0.05, 0.1) is 6.04 Å². The van der Waals surface area contributed by atoms with E-state index in [1.54, 1.807) is 0 Å². The maximum absolute atomic E-state index is 12.2. The van der Waals surface area contributed by atoms with E-state index in [1.807, 2.05) is 50.2 Å². The smallest absolute Gasteiger partial charge is 0.344 e. The quantitative estimate of drug-likeness (QED) is 0.795. The molecule has 0 saturated heterocycles. The summed E-state index contributed by atoms with van der Waals surface area (Å²) in [4.78, 5) is 24.0. The highest BCUT2D eigenvalue weighted by atomic mass is 16.6. The Bertz CT molecular complexity index is 831. The maximum atomic E-state index is 12.2. The highest BCUT2D eigenvalue weighted by Gasteiger charge is 2.21. The zero-order valence-corrected chi connectivity index (χ0v) is 15.8. The number of carbonyl (C=O) groups excluding carboxylic acids is 2. The first-order valence-corrected chi connectivity index (χ1v) is 9.26. The van der Waals surface area contributed by atoms with E-state index in [-0.39, 0.29) is 25.2 Å². The molecule has 0 aromatic heterocycles. The first kappa shape index (κ1) is 19.0. The van der Waals surface area contributed by atoms with Crippen molar-refractivity contribution >= 4 is 11.9 Å². The Morgan fingerprint density at radius 1 is 1.07 bits per heavy atom. The van der Waals surface area contributed by atoms with Gasteiger partial charge in [-0.1, -0.05) is 36.4 Å². The van der Waals surface area contributed by atoms with Gasteiger partial charge in [-0.2, -0.15) is 0 Å². The molecule has 27 heavy (non-hydrogen) atoms. The van der Waals surface area contributed by atoms with E-state index < -0.39 is 5.97 Å². The predicted molar refractivity (Wildman–Crippen MR) is 103 cm³/mol. The Morgan fingerprint density at radius 2 is 1.89 bits per heavy atom. The average Bonchev–Trinajstić information content (AvgIpc) is 2.68. The van der Waals surface area contributed by atoms with Gasteiger partial charge in [-0.3, -0.25) is 4.79 Å². The predicted octanol–water partition coefficient (Wildman–Crippen LogP) is 3.42. The Morgan fingerprint density at radius 3 is 2.74 bits per heavy atom. The number of amides is 1. The van der Waals surface area contributed by atoms with Crippen LogP contribution in [0.15, 0.2) is 42.5 Å². The van der Waals surface area contributed by atoms with E-state index in [0.717, 1.165) is 36.0 Å². The van der Waals surface area contributed by atoms with E-state index >= 15 is 0 Å². The van der Waals surface area contributed by atoms with Crippen molar-refractivity contribution in [3.63, 3.8) is 0 Å². The lowest BCUT2D eigenvalue weighted by Crippen LogP contribution is -2.34. The summed E-state index contributed by atoms with van der Waals surface area (Å²) in [5, 5.41) is 2.96. The molecule has 0 aliphatic heterocycles. The molecule has 0 spiro atoms. The van der Waals surface area contributed by atoms with Crippen LogP contribution < -0.4 is 10.1 Å². The highest BCUT2D eigenvalue weighted by Crippen LogP contribution is 2.29. The summed E-state index contributed by atoms with van der Waals surface area (Å²) in [6.07, 6.45) is 2.96. The third-order valence-corrected chi connectivity index (χ3v) is 4.97. The number of carbonyl (C=O) groups is 2. The van der Waals surface area contributed by atoms with Crippen molar-refractivity contribution in [1.29, 1.82) is 0 Å². The number of rotatable bonds is 6. The molecule has 0 heterocycles. The van der Waals surface area contributed by atoms with Gasteiger partial charge in [0.25, 0.3) is 5.91 Å². The molecule has 0 fully saturated rings. The Kier molecular flexibility index (Phi) is 6.12. The molecule has 0 bridgehead atoms. The van der Waals surface area contributed by atoms with Gasteiger partial charge in [0.2, 0.25) is 0 Å². The van der Waals surface area contributed by atoms with Gasteiger partial charge in [-0.05, 0) is 61.4 Å². The topological polar surface area (TPSA) is 64.6 Å². The first-order chi connectivity index (χ1) is 13.0. The van der Waals surface area contributed by atoms with Crippen molar-refractivity contribution in [2.45, 2.75) is 39.2 Å². The van der Waals surface area contributed by atoms with Crippen LogP contribution in [0.3, 0.4) is 0 Å². The molecule has 1 N–H and O–H groups in total. The summed E-state index contributed by atoms with van der Waals surface area (Å²) >= 11 is 0. The van der Waals surface area contributed by atoms with Crippen LogP contribution in [0.5, 0.6) is 5.75 Å². The molecule has 1 atom stereocenters. The summed E-state index contributed by atoms with van der Waals surface area (Å²) in [5.41, 5.74) is 4.50. The normalized spacial score (nSPS) is 15.6. The van der Waals surface area contributed by atoms with Crippen LogP contribution in [-0.2, 0) is 20.7 Å². The molecule has 1 aliphatic carbocycles. The Labute approximate surface area is 159 Å². The second-order valence-electron chi connectivity index (χ2n) is 6.86. The lowest BCUT2D eigenvalue weighted by atomic mass is 9.88. The molecule has 0 unspecified atom stereocenters. The number of aryl methyl sites for hydroxylation is 2. The number of fused-ring (bicyclic) bond motifs is 1. The van der Waals surface area contributed by atoms with Crippen LogP contribution in [0.2, 0.25) is 0 Å². The summed E-state index contributed by atoms with van der Waals surface area (Å²) in [6.45, 7) is 3.40. The van der Waals surface area contributed by atoms with Crippen LogP contribution in [0, 0.1) is 13.8 Å². The van der Waals surface area contributed by atoms with Crippen molar-refractivity contribution in [2.24, 2.45) is 0 Å². The Hall–Kier alpha value is -2.82. The molecule has 5 nitrogen and oxygen atoms in total. The van der Waals surface area contributed by atoms with E-state index in [9.17, 15) is 9.59 Å². The summed E-state index contributed by atoms with van der Waals surface area (Å²) in [6, 6.07) is 13.8. The van der Waals surface area contributed by atoms with Crippen LogP contribution in [0.1, 0.15) is 41.1 Å². The minimum atomic E-state index is -0.560. The molecule has 2 aromatic carbocycles. The second-order valence-corrected chi connectivity index (χ2v) is 6.86. The van der Waals surface area contributed by atoms with Crippen LogP contribution >= 0.6 is 0 Å². The molecule has 5 heteroatoms. The van der Waals surface area contributed by atoms with E-state index in [1.165, 1.54) is 5.56 Å². The monoisotopic (exact) mass is 367 g/mol. The number of esters is 1. The number of hydrogen-bond acceptors (Lipinski definition) is 4. The van der Waals surface area contributed by atoms with Crippen molar-refractivity contribution in [1.82, 2.24) is 5.32 Å². The number of nitrogens with one attached hydrogen (secondary N) is 1. The van der Waals surface area contributed by atoms with Gasteiger partial charge in [0.15, 0.2) is 13.2 Å². The van der Waals surface area contributed by atoms with Crippen LogP contribution in [0.4, 0.5) is 0 Å². The minimum absolute atomic E-state index is 0.0210. The van der Waals surface area contributed by atoms with E-state index in [4.69, 9.17) is 9.47 Å². The molecular weight excluding hydrogens is 342 g/mol. The van der Waals surface area contributed by atoms with Crippen molar-refractivity contribution < 1.29 is 19.1 Å². The fourth-order valence-electron chi connectivity index (χ4n) is 3.34. The summed E-state index contributed by atoms with van der Waals surface area (Å²) < 4.78 is 10.6. The third kappa shape index (κ3) is 4.88. The van der Waals surface area contributed by atoms with Gasteiger partial charge in [0, 0.05) is 0 Å². The largest absolute Gasteiger partial charge is 0.482 e. The number of hydrogen-bond donors (Lipinski definition) is 1. The number of ether oxygens (including phenoxy) is 2. The molecule has 3 rings (SSSR count). The first-order valence-electron chi connectivity index (χ1n) is 9.26. The van der Waals surface area contributed by atoms with Crippen LogP contribution in [0.25, 0.3) is 0 Å². The molecule has 0 radical (unpaired) electrons. The standard InChI is InChI=1S/C22H25NO4/c1-15-7-5-12-20(16(15)2)26-14-22(25)27-13-21(24)23-19-11-6-9-17-8-3-4-10-18(17)19/h3-5,7-8,10,12,19H,6,9,11,13-14H2,1-2H3,(H,23,24)/t19-/m1/s1. The number of benzene rings is 2. The average molecular weight is 367 g/mol. The summed E-state index contributed by atoms with van der Waals surface area (Å²) in [7, 11) is 0. The fraction of sp³-hybridized carbons (Fsp3) is 0.364. The van der Waals surface area contributed by atoms with Gasteiger partial charge in [-0.15, -0.1) is 0 Å². The third-order valence-electron chi connectivity index (χ3n) is 4.97. The van der Waals surface area contributed by atoms with Crippen molar-refractivity contribution in [3.8, 4) is 5.75 Å². The van der Waals surface area contributed by atoms with Crippen molar-refractivity contribution in [3.05, 3.63) is 64.7 Å². The zero-order chi connectivity index (χ0) is 19.2. The molecule has 2 aromatic rings. The SMILES string of the molecule is Cc1cccc(OCC(=O)OCC(=O)N[C@@H]2CCCc3ccccc32)c1C. The maximum Gasteiger partial charge on any atom is 0.344 e. The lowest BCUT2D eigenvalue weighted by Gasteiger charge is -2.26. The zero-order valence-electron chi connectivity index (χ0n) is 15.8. The molecule has 1 amide bonds. The molecule has 142 valence electrons. The van der Waals surface area contributed by atoms with E-state index in [0.29, 0.717) is 5.75 Å². The molecular formula is C22H25NO4. The molecule has 0 saturated carbocycles. The highest BCUT2D eigenvalue weighted by molar-refractivity contribution is 5.81. The second kappa shape index (κ2) is 8.71. The minimum Gasteiger partial charge on any atom is -0.482 e. The fourth-order valence-corrected chi connectivity index (χ4v) is 3.34. The van der Waals surface area contributed by atoms with Crippen LogP contribution in [-0.4, -0.2) is 25.1 Å². The van der Waals surface area contributed by atoms with Gasteiger partial charge >= 0.3 is 5.97 Å².